The number of methoxy groups -OCH3 is 1. The van der Waals surface area contributed by atoms with E-state index in [4.69, 9.17) is 15.2 Å². The molecule has 6 aromatic rings. The van der Waals surface area contributed by atoms with Gasteiger partial charge in [0.05, 0.1) is 29.5 Å². The number of amides is 2. The number of imidazole rings is 2. The first-order valence-electron chi connectivity index (χ1n) is 22.7. The van der Waals surface area contributed by atoms with Crippen molar-refractivity contribution in [1.29, 1.82) is 0 Å². The van der Waals surface area contributed by atoms with Crippen LogP contribution in [-0.4, -0.2) is 149 Å². The molecule has 0 saturated carbocycles. The highest BCUT2D eigenvalue weighted by atomic mass is 16.5. The zero-order chi connectivity index (χ0) is 51.6. The van der Waals surface area contributed by atoms with Crippen molar-refractivity contribution < 1.29 is 33.4 Å². The minimum Gasteiger partial charge on any atom is -0.494 e. The Morgan fingerprint density at radius 1 is 0.743 bits per heavy atom. The van der Waals surface area contributed by atoms with Crippen LogP contribution in [-0.2, 0) is 31.0 Å². The van der Waals surface area contributed by atoms with E-state index in [-0.39, 0.29) is 12.2 Å². The molecule has 2 amide bonds. The first-order valence-corrected chi connectivity index (χ1v) is 22.7. The van der Waals surface area contributed by atoms with E-state index in [1.54, 1.807) is 79.1 Å². The quantitative estimate of drug-likeness (QED) is 0.0385. The standard InChI is InChI=1S/C28H32N8O5.2C7H10N2O.C5H12N2.CH5N/c1-30-27-33-20-12-18(16-37)13-22(40-3)24(20)35(27)9-5-6-10-36-25-21(34-28(36)31-2)14-19(26(29)39)15-23(25)41-11-7-4-8-32-17-38;2*1-3-9-7(5-10)4-6(2)8-9;1-7-4-2-6-3-5-7;1-2/h4-7,12-17H,8-11H2,1-3H3,(H2,29,39)(H,30,33)(H,31,34)(H,32,38);2*4-5H,3H2,1-2H3;6H,2-5H2,1H3;2H2,1H3/b6-5+,7-4+;;;;. The zero-order valence-electron chi connectivity index (χ0n) is 41.7. The van der Waals surface area contributed by atoms with Crippen LogP contribution in [0.1, 0.15) is 66.9 Å². The number of rotatable bonds is 19. The van der Waals surface area contributed by atoms with E-state index >= 15 is 0 Å². The van der Waals surface area contributed by atoms with Gasteiger partial charge < -0.3 is 56.2 Å². The maximum atomic E-state index is 12.0. The van der Waals surface area contributed by atoms with Crippen LogP contribution in [0.3, 0.4) is 0 Å². The third-order valence-corrected chi connectivity index (χ3v) is 10.3. The second-order valence-corrected chi connectivity index (χ2v) is 15.1. The number of carbonyl (C=O) groups excluding carboxylic acids is 5. The van der Waals surface area contributed by atoms with Crippen LogP contribution in [0.2, 0.25) is 0 Å². The molecule has 70 heavy (non-hydrogen) atoms. The third-order valence-electron chi connectivity index (χ3n) is 10.3. The summed E-state index contributed by atoms with van der Waals surface area (Å²) in [7, 11) is 8.75. The van der Waals surface area contributed by atoms with Gasteiger partial charge in [0.1, 0.15) is 46.8 Å². The number of primary amides is 1. The molecule has 378 valence electrons. The molecule has 0 radical (unpaired) electrons. The highest BCUT2D eigenvalue weighted by Crippen LogP contribution is 2.32. The summed E-state index contributed by atoms with van der Waals surface area (Å²) in [6, 6.07) is 10.2. The lowest BCUT2D eigenvalue weighted by molar-refractivity contribution is -0.109. The minimum atomic E-state index is -0.591. The summed E-state index contributed by atoms with van der Waals surface area (Å²) < 4.78 is 18.8. The Morgan fingerprint density at radius 2 is 1.27 bits per heavy atom. The molecule has 1 aliphatic heterocycles. The van der Waals surface area contributed by atoms with Crippen molar-refractivity contribution >= 4 is 65.1 Å². The number of fused-ring (bicyclic) bond motifs is 2. The number of nitrogens with zero attached hydrogens (tertiary/aromatic N) is 9. The molecule has 0 aliphatic carbocycles. The summed E-state index contributed by atoms with van der Waals surface area (Å²) in [6.45, 7) is 15.4. The number of nitrogens with one attached hydrogen (secondary N) is 4. The van der Waals surface area contributed by atoms with Gasteiger partial charge in [0.2, 0.25) is 24.2 Å². The van der Waals surface area contributed by atoms with E-state index in [1.165, 1.54) is 20.1 Å². The largest absolute Gasteiger partial charge is 0.494 e. The van der Waals surface area contributed by atoms with Gasteiger partial charge in [-0.05, 0) is 84.3 Å². The summed E-state index contributed by atoms with van der Waals surface area (Å²) >= 11 is 0. The molecule has 8 N–H and O–H groups in total. The van der Waals surface area contributed by atoms with Crippen molar-refractivity contribution in [3.63, 3.8) is 0 Å². The van der Waals surface area contributed by atoms with Crippen LogP contribution in [0.15, 0.2) is 60.7 Å². The summed E-state index contributed by atoms with van der Waals surface area (Å²) in [6.07, 6.45) is 10.5. The Balaban J connectivity index is 0.000000356. The monoisotopic (exact) mass is 968 g/mol. The molecular weight excluding hydrogens is 899 g/mol. The normalized spacial score (nSPS) is 12.1. The summed E-state index contributed by atoms with van der Waals surface area (Å²) in [5.41, 5.74) is 16.6. The van der Waals surface area contributed by atoms with Crippen LogP contribution in [0.4, 0.5) is 11.9 Å². The Bertz CT molecular complexity index is 2620. The number of aryl methyl sites for hydroxylation is 4. The maximum absolute atomic E-state index is 12.0. The number of benzene rings is 2. The van der Waals surface area contributed by atoms with Crippen molar-refractivity contribution in [2.45, 2.75) is 53.9 Å². The lowest BCUT2D eigenvalue weighted by atomic mass is 10.1. The van der Waals surface area contributed by atoms with E-state index in [0.29, 0.717) is 82.9 Å². The van der Waals surface area contributed by atoms with Crippen LogP contribution in [0, 0.1) is 13.8 Å². The molecule has 2 aromatic carbocycles. The lowest BCUT2D eigenvalue weighted by Crippen LogP contribution is -2.40. The lowest BCUT2D eigenvalue weighted by Gasteiger charge is -2.21. The number of aldehydes is 3. The smallest absolute Gasteiger partial charge is 0.248 e. The van der Waals surface area contributed by atoms with Gasteiger partial charge in [-0.3, -0.25) is 33.3 Å². The highest BCUT2D eigenvalue weighted by Gasteiger charge is 2.18. The van der Waals surface area contributed by atoms with Gasteiger partial charge >= 0.3 is 0 Å². The predicted octanol–water partition coefficient (Wildman–Crippen LogP) is 3.47. The Kier molecular flexibility index (Phi) is 24.2. The Hall–Kier alpha value is -7.69. The van der Waals surface area contributed by atoms with Gasteiger partial charge in [-0.25, -0.2) is 9.97 Å². The molecule has 4 aromatic heterocycles. The number of likely N-dealkylation sites (N-methyl/N-ethyl adjacent to an activating group) is 1. The zero-order valence-corrected chi connectivity index (χ0v) is 41.7. The topological polar surface area (TPSA) is 278 Å². The van der Waals surface area contributed by atoms with E-state index < -0.39 is 5.91 Å². The summed E-state index contributed by atoms with van der Waals surface area (Å²) in [4.78, 5) is 66.0. The molecule has 1 fully saturated rings. The van der Waals surface area contributed by atoms with Crippen molar-refractivity contribution in [2.24, 2.45) is 11.5 Å². The molecule has 5 heterocycles. The van der Waals surface area contributed by atoms with Crippen molar-refractivity contribution in [3.8, 4) is 11.5 Å². The number of ether oxygens (including phenoxy) is 2. The first-order chi connectivity index (χ1) is 33.9. The Morgan fingerprint density at radius 3 is 1.69 bits per heavy atom. The van der Waals surface area contributed by atoms with Gasteiger partial charge in [-0.15, -0.1) is 0 Å². The summed E-state index contributed by atoms with van der Waals surface area (Å²) in [5, 5.41) is 20.2. The second kappa shape index (κ2) is 29.9. The maximum Gasteiger partial charge on any atom is 0.248 e. The van der Waals surface area contributed by atoms with E-state index in [1.807, 2.05) is 49.0 Å². The molecule has 1 aliphatic rings. The molecule has 7 rings (SSSR count). The SMILES string of the molecule is CCn1nc(C)cc1C=O.CCn1nc(C)cc1C=O.CN.CN1CCNCC1.CNc1nc2cc(C=O)cc(OC)c2n1C/C=C/Cn1c(NC)nc2cc(C(N)=O)cc(OC/C=C/CNC=O)c21. The fraction of sp³-hybridized carbons (Fsp3) is 0.396. The van der Waals surface area contributed by atoms with Crippen molar-refractivity contribution in [1.82, 2.24) is 54.2 Å². The highest BCUT2D eigenvalue weighted by molar-refractivity contribution is 5.99. The van der Waals surface area contributed by atoms with E-state index in [2.05, 4.69) is 59.1 Å². The number of hydrogen-bond acceptors (Lipinski definition) is 16. The Labute approximate surface area is 408 Å². The van der Waals surface area contributed by atoms with Crippen LogP contribution >= 0.6 is 0 Å². The van der Waals surface area contributed by atoms with Crippen LogP contribution in [0.5, 0.6) is 11.5 Å². The fourth-order valence-electron chi connectivity index (χ4n) is 7.06. The number of carbonyl (C=O) groups is 5. The average molecular weight is 968 g/mol. The number of hydrogen-bond donors (Lipinski definition) is 6. The molecule has 0 atom stereocenters. The van der Waals surface area contributed by atoms with Gasteiger partial charge in [0.15, 0.2) is 12.6 Å². The molecule has 1 saturated heterocycles. The number of aromatic nitrogens is 8. The van der Waals surface area contributed by atoms with Crippen LogP contribution in [0.25, 0.3) is 22.1 Å². The van der Waals surface area contributed by atoms with Crippen molar-refractivity contribution in [3.05, 3.63) is 94.6 Å². The van der Waals surface area contributed by atoms with Gasteiger partial charge in [0.25, 0.3) is 0 Å². The van der Waals surface area contributed by atoms with Crippen LogP contribution < -0.4 is 42.2 Å². The van der Waals surface area contributed by atoms with Gasteiger partial charge in [0, 0.05) is 84.1 Å². The van der Waals surface area contributed by atoms with Gasteiger partial charge in [-0.2, -0.15) is 10.2 Å². The molecule has 0 spiro atoms. The fourth-order valence-corrected chi connectivity index (χ4v) is 7.06. The predicted molar refractivity (Wildman–Crippen MR) is 273 cm³/mol. The molecule has 0 unspecified atom stereocenters. The van der Waals surface area contributed by atoms with Crippen molar-refractivity contribution in [2.75, 3.05) is 85.3 Å². The number of allylic oxidation sites excluding steroid dienone is 2. The number of nitrogens with two attached hydrogens (primary N) is 2. The number of anilines is 2. The first kappa shape index (κ1) is 56.6. The molecule has 22 heteroatoms. The van der Waals surface area contributed by atoms with E-state index in [0.717, 1.165) is 61.9 Å². The minimum absolute atomic E-state index is 0.210. The molecular formula is C48H69N15O7. The second-order valence-electron chi connectivity index (χ2n) is 15.1. The van der Waals surface area contributed by atoms with Gasteiger partial charge in [-0.1, -0.05) is 18.2 Å². The third kappa shape index (κ3) is 16.0. The summed E-state index contributed by atoms with van der Waals surface area (Å²) in [5.74, 6) is 1.61. The average Bonchev–Trinajstić information content (AvgIpc) is 4.16. The number of piperazine rings is 1. The molecule has 0 bridgehead atoms. The molecule has 22 nitrogen and oxygen atoms in total. The van der Waals surface area contributed by atoms with E-state index in [9.17, 15) is 24.0 Å².